The highest BCUT2D eigenvalue weighted by molar-refractivity contribution is 5.93. The van der Waals surface area contributed by atoms with Crippen LogP contribution in [-0.2, 0) is 4.79 Å². The number of rotatable bonds is 6. The Morgan fingerprint density at radius 1 is 1.24 bits per heavy atom. The van der Waals surface area contributed by atoms with Crippen LogP contribution in [0.1, 0.15) is 50.0 Å². The molecule has 2 heterocycles. The third-order valence-corrected chi connectivity index (χ3v) is 5.05. The normalized spacial score (nSPS) is 20.2. The predicted molar refractivity (Wildman–Crippen MR) is 97.6 cm³/mol. The maximum Gasteiger partial charge on any atom is 0.270 e. The Balaban J connectivity index is 1.68. The lowest BCUT2D eigenvalue weighted by Crippen LogP contribution is -2.45. The van der Waals surface area contributed by atoms with Gasteiger partial charge in [-0.15, -0.1) is 0 Å². The average molecular weight is 344 g/mol. The molecular formula is C19H28N4O2. The van der Waals surface area contributed by atoms with E-state index in [2.05, 4.69) is 15.2 Å². The zero-order valence-electron chi connectivity index (χ0n) is 15.2. The van der Waals surface area contributed by atoms with E-state index in [0.29, 0.717) is 18.3 Å². The molecule has 1 aromatic heterocycles. The second-order valence-electron chi connectivity index (χ2n) is 6.92. The molecule has 3 rings (SSSR count). The van der Waals surface area contributed by atoms with Gasteiger partial charge in [0.1, 0.15) is 11.5 Å². The standard InChI is InChI=1S/C19H28N4O2/c1-3-22(4-2)19(25)14-7-6-12-23(13-14)17-9-5-8-16(21-17)18(24)20-15-10-11-15/h5,8-9,14-15H,3-4,6-7,10-13H2,1-2H3,(H,20,24). The molecule has 6 heteroatoms. The van der Waals surface area contributed by atoms with E-state index in [0.717, 1.165) is 51.1 Å². The van der Waals surface area contributed by atoms with Crippen molar-refractivity contribution in [2.45, 2.75) is 45.6 Å². The van der Waals surface area contributed by atoms with Gasteiger partial charge in [-0.2, -0.15) is 0 Å². The van der Waals surface area contributed by atoms with Gasteiger partial charge in [0.05, 0.1) is 5.92 Å². The molecule has 0 aromatic carbocycles. The van der Waals surface area contributed by atoms with Crippen LogP contribution >= 0.6 is 0 Å². The number of nitrogens with one attached hydrogen (secondary N) is 1. The molecule has 136 valence electrons. The summed E-state index contributed by atoms with van der Waals surface area (Å²) in [5.41, 5.74) is 0.460. The molecule has 0 bridgehead atoms. The third kappa shape index (κ3) is 4.30. The predicted octanol–water partition coefficient (Wildman–Crippen LogP) is 2.06. The number of carbonyl (C=O) groups is 2. The molecule has 1 aromatic rings. The number of piperidine rings is 1. The number of hydrogen-bond acceptors (Lipinski definition) is 4. The van der Waals surface area contributed by atoms with Crippen molar-refractivity contribution in [2.24, 2.45) is 5.92 Å². The first-order valence-electron chi connectivity index (χ1n) is 9.44. The van der Waals surface area contributed by atoms with Gasteiger partial charge in [-0.05, 0) is 51.7 Å². The van der Waals surface area contributed by atoms with Gasteiger partial charge < -0.3 is 15.1 Å². The van der Waals surface area contributed by atoms with E-state index in [-0.39, 0.29) is 17.7 Å². The molecule has 0 radical (unpaired) electrons. The van der Waals surface area contributed by atoms with Crippen molar-refractivity contribution in [1.82, 2.24) is 15.2 Å². The number of carbonyl (C=O) groups excluding carboxylic acids is 2. The number of hydrogen-bond donors (Lipinski definition) is 1. The molecular weight excluding hydrogens is 316 g/mol. The minimum absolute atomic E-state index is 0.0133. The second kappa shape index (κ2) is 7.85. The molecule has 1 aliphatic heterocycles. The van der Waals surface area contributed by atoms with Crippen LogP contribution < -0.4 is 10.2 Å². The van der Waals surface area contributed by atoms with Crippen LogP contribution in [0.5, 0.6) is 0 Å². The zero-order valence-corrected chi connectivity index (χ0v) is 15.2. The number of anilines is 1. The fraction of sp³-hybridized carbons (Fsp3) is 0.632. The molecule has 1 N–H and O–H groups in total. The summed E-state index contributed by atoms with van der Waals surface area (Å²) in [6.45, 7) is 7.09. The second-order valence-corrected chi connectivity index (χ2v) is 6.92. The van der Waals surface area contributed by atoms with Gasteiger partial charge in [0.25, 0.3) is 5.91 Å². The summed E-state index contributed by atoms with van der Waals surface area (Å²) < 4.78 is 0. The van der Waals surface area contributed by atoms with Crippen molar-refractivity contribution >= 4 is 17.6 Å². The van der Waals surface area contributed by atoms with Gasteiger partial charge in [-0.25, -0.2) is 4.98 Å². The Hall–Kier alpha value is -2.11. The van der Waals surface area contributed by atoms with Crippen molar-refractivity contribution in [3.8, 4) is 0 Å². The van der Waals surface area contributed by atoms with Crippen LogP contribution in [0.25, 0.3) is 0 Å². The molecule has 1 saturated carbocycles. The van der Waals surface area contributed by atoms with E-state index < -0.39 is 0 Å². The highest BCUT2D eigenvalue weighted by atomic mass is 16.2. The molecule has 1 atom stereocenters. The van der Waals surface area contributed by atoms with Gasteiger partial charge >= 0.3 is 0 Å². The van der Waals surface area contributed by atoms with Crippen LogP contribution in [0.4, 0.5) is 5.82 Å². The molecule has 25 heavy (non-hydrogen) atoms. The van der Waals surface area contributed by atoms with Gasteiger partial charge in [-0.3, -0.25) is 9.59 Å². The van der Waals surface area contributed by atoms with Crippen LogP contribution in [0.2, 0.25) is 0 Å². The van der Waals surface area contributed by atoms with Crippen LogP contribution in [-0.4, -0.2) is 53.9 Å². The number of amides is 2. The van der Waals surface area contributed by atoms with E-state index >= 15 is 0 Å². The molecule has 1 unspecified atom stereocenters. The van der Waals surface area contributed by atoms with Crippen molar-refractivity contribution in [3.05, 3.63) is 23.9 Å². The minimum atomic E-state index is -0.0999. The molecule has 0 spiro atoms. The fourth-order valence-corrected chi connectivity index (χ4v) is 3.39. The monoisotopic (exact) mass is 344 g/mol. The SMILES string of the molecule is CCN(CC)C(=O)C1CCCN(c2cccc(C(=O)NC3CC3)n2)C1. The maximum atomic E-state index is 12.7. The first-order chi connectivity index (χ1) is 12.1. The van der Waals surface area contributed by atoms with Gasteiger partial charge in [0.15, 0.2) is 0 Å². The average Bonchev–Trinajstić information content (AvgIpc) is 3.47. The van der Waals surface area contributed by atoms with Crippen molar-refractivity contribution in [1.29, 1.82) is 0 Å². The topological polar surface area (TPSA) is 65.5 Å². The molecule has 1 aliphatic carbocycles. The lowest BCUT2D eigenvalue weighted by atomic mass is 9.96. The first-order valence-corrected chi connectivity index (χ1v) is 9.44. The summed E-state index contributed by atoms with van der Waals surface area (Å²) in [5, 5.41) is 2.98. The van der Waals surface area contributed by atoms with Crippen molar-refractivity contribution in [2.75, 3.05) is 31.1 Å². The largest absolute Gasteiger partial charge is 0.356 e. The van der Waals surface area contributed by atoms with Crippen molar-refractivity contribution in [3.63, 3.8) is 0 Å². The van der Waals surface area contributed by atoms with Gasteiger partial charge in [0.2, 0.25) is 5.91 Å². The summed E-state index contributed by atoms with van der Waals surface area (Å²) in [6, 6.07) is 5.88. The summed E-state index contributed by atoms with van der Waals surface area (Å²) in [5.74, 6) is 0.939. The molecule has 6 nitrogen and oxygen atoms in total. The number of pyridine rings is 1. The first kappa shape index (κ1) is 17.7. The van der Waals surface area contributed by atoms with Crippen molar-refractivity contribution < 1.29 is 9.59 Å². The zero-order chi connectivity index (χ0) is 17.8. The van der Waals surface area contributed by atoms with Crippen LogP contribution in [0.15, 0.2) is 18.2 Å². The van der Waals surface area contributed by atoms with E-state index in [1.165, 1.54) is 0 Å². The van der Waals surface area contributed by atoms with E-state index in [1.807, 2.05) is 30.9 Å². The third-order valence-electron chi connectivity index (χ3n) is 5.05. The lowest BCUT2D eigenvalue weighted by Gasteiger charge is -2.35. The molecule has 2 amide bonds. The highest BCUT2D eigenvalue weighted by Crippen LogP contribution is 2.24. The highest BCUT2D eigenvalue weighted by Gasteiger charge is 2.29. The van der Waals surface area contributed by atoms with Gasteiger partial charge in [0, 0.05) is 32.2 Å². The summed E-state index contributed by atoms with van der Waals surface area (Å²) in [7, 11) is 0. The van der Waals surface area contributed by atoms with E-state index in [4.69, 9.17) is 0 Å². The lowest BCUT2D eigenvalue weighted by molar-refractivity contribution is -0.135. The molecule has 2 fully saturated rings. The van der Waals surface area contributed by atoms with Gasteiger partial charge in [-0.1, -0.05) is 6.07 Å². The Morgan fingerprint density at radius 3 is 2.68 bits per heavy atom. The van der Waals surface area contributed by atoms with E-state index in [9.17, 15) is 9.59 Å². The van der Waals surface area contributed by atoms with Crippen LogP contribution in [0.3, 0.4) is 0 Å². The number of nitrogens with zero attached hydrogens (tertiary/aromatic N) is 3. The summed E-state index contributed by atoms with van der Waals surface area (Å²) in [6.07, 6.45) is 4.02. The minimum Gasteiger partial charge on any atom is -0.356 e. The van der Waals surface area contributed by atoms with Crippen LogP contribution in [0, 0.1) is 5.92 Å². The Labute approximate surface area is 149 Å². The summed E-state index contributed by atoms with van der Waals surface area (Å²) >= 11 is 0. The number of aromatic nitrogens is 1. The fourth-order valence-electron chi connectivity index (χ4n) is 3.39. The smallest absolute Gasteiger partial charge is 0.270 e. The molecule has 1 saturated heterocycles. The Bertz CT molecular complexity index is 626. The molecule has 2 aliphatic rings. The Kier molecular flexibility index (Phi) is 5.56. The summed E-state index contributed by atoms with van der Waals surface area (Å²) in [4.78, 5) is 33.5. The Morgan fingerprint density at radius 2 is 2.00 bits per heavy atom. The quantitative estimate of drug-likeness (QED) is 0.858. The van der Waals surface area contributed by atoms with E-state index in [1.54, 1.807) is 6.07 Å². The maximum absolute atomic E-state index is 12.7.